The van der Waals surface area contributed by atoms with Gasteiger partial charge in [-0.2, -0.15) is 0 Å². The van der Waals surface area contributed by atoms with Crippen molar-refractivity contribution in [2.24, 2.45) is 0 Å². The Hall–Kier alpha value is -3.97. The van der Waals surface area contributed by atoms with E-state index in [0.29, 0.717) is 34.4 Å². The molecular formula is C32H36N2O4S. The van der Waals surface area contributed by atoms with Gasteiger partial charge in [-0.15, -0.1) is 0 Å². The van der Waals surface area contributed by atoms with Crippen LogP contribution in [0.1, 0.15) is 63.5 Å². The van der Waals surface area contributed by atoms with Crippen LogP contribution in [0.2, 0.25) is 0 Å². The fourth-order valence-electron chi connectivity index (χ4n) is 4.25. The molecule has 4 N–H and O–H groups in total. The highest BCUT2D eigenvalue weighted by atomic mass is 32.2. The van der Waals surface area contributed by atoms with Gasteiger partial charge in [-0.3, -0.25) is 0 Å². The number of hydrogen-bond donors (Lipinski definition) is 2. The van der Waals surface area contributed by atoms with Gasteiger partial charge in [0.15, 0.2) is 0 Å². The van der Waals surface area contributed by atoms with Crippen LogP contribution in [0.25, 0.3) is 0 Å². The average Bonchev–Trinajstić information content (AvgIpc) is 2.94. The molecule has 0 saturated heterocycles. The van der Waals surface area contributed by atoms with Gasteiger partial charge in [-0.1, -0.05) is 27.7 Å². The first-order valence-corrected chi connectivity index (χ1v) is 14.7. The summed E-state index contributed by atoms with van der Waals surface area (Å²) in [4.78, 5) is 0.453. The smallest absolute Gasteiger partial charge is 0.206 e. The lowest BCUT2D eigenvalue weighted by atomic mass is 9.97. The normalized spacial score (nSPS) is 13.0. The molecule has 0 aromatic heterocycles. The van der Waals surface area contributed by atoms with E-state index in [4.69, 9.17) is 20.9 Å². The van der Waals surface area contributed by atoms with E-state index in [2.05, 4.69) is 27.7 Å². The molecule has 0 bridgehead atoms. The SMILES string of the molecule is CCC(C)c1cc(S(=O)(=O)c2ccc(Oc3ccc(N)cc3)c(C(C)CC)c2)ccc1Oc1ccc(N)cc1. The molecule has 0 amide bonds. The Bertz CT molecular complexity index is 1420. The number of nitrogens with two attached hydrogens (primary N) is 2. The molecule has 0 aliphatic heterocycles. The molecule has 2 unspecified atom stereocenters. The molecule has 0 spiro atoms. The van der Waals surface area contributed by atoms with Gasteiger partial charge in [0, 0.05) is 11.4 Å². The van der Waals surface area contributed by atoms with Crippen molar-refractivity contribution in [2.75, 3.05) is 11.5 Å². The first-order valence-electron chi connectivity index (χ1n) is 13.2. The number of ether oxygens (including phenoxy) is 2. The second-order valence-electron chi connectivity index (χ2n) is 9.86. The average molecular weight is 545 g/mol. The number of sulfone groups is 1. The molecule has 39 heavy (non-hydrogen) atoms. The van der Waals surface area contributed by atoms with Gasteiger partial charge < -0.3 is 20.9 Å². The van der Waals surface area contributed by atoms with Crippen molar-refractivity contribution in [3.8, 4) is 23.0 Å². The topological polar surface area (TPSA) is 105 Å². The number of nitrogen functional groups attached to an aromatic ring is 2. The van der Waals surface area contributed by atoms with Crippen LogP contribution < -0.4 is 20.9 Å². The summed E-state index contributed by atoms with van der Waals surface area (Å²) >= 11 is 0. The fourth-order valence-corrected chi connectivity index (χ4v) is 5.58. The number of benzene rings is 4. The van der Waals surface area contributed by atoms with Crippen LogP contribution in [0.5, 0.6) is 23.0 Å². The van der Waals surface area contributed by atoms with Crippen molar-refractivity contribution >= 4 is 21.2 Å². The molecule has 0 radical (unpaired) electrons. The lowest BCUT2D eigenvalue weighted by Crippen LogP contribution is -2.07. The number of rotatable bonds is 10. The third-order valence-corrected chi connectivity index (χ3v) is 8.83. The second-order valence-corrected chi connectivity index (χ2v) is 11.8. The number of hydrogen-bond acceptors (Lipinski definition) is 6. The van der Waals surface area contributed by atoms with Crippen LogP contribution in [0, 0.1) is 0 Å². The van der Waals surface area contributed by atoms with Crippen molar-refractivity contribution in [3.63, 3.8) is 0 Å². The Labute approximate surface area is 231 Å². The van der Waals surface area contributed by atoms with Gasteiger partial charge >= 0.3 is 0 Å². The predicted octanol–water partition coefficient (Wildman–Crippen LogP) is 8.30. The van der Waals surface area contributed by atoms with E-state index in [0.717, 1.165) is 24.0 Å². The van der Waals surface area contributed by atoms with Crippen LogP contribution in [-0.4, -0.2) is 8.42 Å². The first kappa shape index (κ1) is 28.0. The summed E-state index contributed by atoms with van der Waals surface area (Å²) in [5, 5.41) is 0. The van der Waals surface area contributed by atoms with Gasteiger partial charge in [-0.05, 0) is 121 Å². The Morgan fingerprint density at radius 3 is 1.31 bits per heavy atom. The number of anilines is 2. The molecule has 0 heterocycles. The summed E-state index contributed by atoms with van der Waals surface area (Å²) in [6.07, 6.45) is 1.66. The molecule has 4 aromatic carbocycles. The lowest BCUT2D eigenvalue weighted by Gasteiger charge is -2.19. The Kier molecular flexibility index (Phi) is 8.51. The lowest BCUT2D eigenvalue weighted by molar-refractivity contribution is 0.469. The summed E-state index contributed by atoms with van der Waals surface area (Å²) in [5.41, 5.74) is 14.6. The first-order chi connectivity index (χ1) is 18.6. The summed E-state index contributed by atoms with van der Waals surface area (Å²) in [6.45, 7) is 8.26. The molecule has 0 saturated carbocycles. The van der Waals surface area contributed by atoms with Gasteiger partial charge in [-0.25, -0.2) is 8.42 Å². The molecule has 0 aliphatic rings. The van der Waals surface area contributed by atoms with E-state index >= 15 is 0 Å². The summed E-state index contributed by atoms with van der Waals surface area (Å²) in [5.74, 6) is 2.71. The molecule has 0 fully saturated rings. The van der Waals surface area contributed by atoms with Gasteiger partial charge in [0.2, 0.25) is 9.84 Å². The fraction of sp³-hybridized carbons (Fsp3) is 0.250. The van der Waals surface area contributed by atoms with Gasteiger partial charge in [0.1, 0.15) is 23.0 Å². The van der Waals surface area contributed by atoms with E-state index in [1.165, 1.54) is 0 Å². The highest BCUT2D eigenvalue weighted by Crippen LogP contribution is 2.38. The van der Waals surface area contributed by atoms with Crippen LogP contribution in [-0.2, 0) is 9.84 Å². The monoisotopic (exact) mass is 544 g/mol. The molecule has 4 rings (SSSR count). The van der Waals surface area contributed by atoms with Crippen molar-refractivity contribution in [1.82, 2.24) is 0 Å². The standard InChI is InChI=1S/C32H36N2O4S/c1-5-21(3)29-19-27(15-17-31(29)37-25-11-7-23(33)8-12-25)39(35,36)28-16-18-32(30(20-28)22(4)6-2)38-26-13-9-24(34)10-14-26/h7-22H,5-6,33-34H2,1-4H3. The maximum absolute atomic E-state index is 13.9. The zero-order chi connectivity index (χ0) is 28.2. The van der Waals surface area contributed by atoms with Crippen LogP contribution in [0.15, 0.2) is 94.7 Å². The van der Waals surface area contributed by atoms with Crippen LogP contribution in [0.4, 0.5) is 11.4 Å². The minimum atomic E-state index is -3.80. The highest BCUT2D eigenvalue weighted by molar-refractivity contribution is 7.91. The van der Waals surface area contributed by atoms with Crippen molar-refractivity contribution in [3.05, 3.63) is 96.1 Å². The van der Waals surface area contributed by atoms with E-state index in [1.807, 2.05) is 0 Å². The molecule has 7 heteroatoms. The van der Waals surface area contributed by atoms with Gasteiger partial charge in [0.05, 0.1) is 9.79 Å². The maximum Gasteiger partial charge on any atom is 0.206 e. The molecule has 204 valence electrons. The van der Waals surface area contributed by atoms with E-state index in [9.17, 15) is 8.42 Å². The van der Waals surface area contributed by atoms with Crippen molar-refractivity contribution < 1.29 is 17.9 Å². The highest BCUT2D eigenvalue weighted by Gasteiger charge is 2.24. The summed E-state index contributed by atoms with van der Waals surface area (Å²) < 4.78 is 40.0. The van der Waals surface area contributed by atoms with Crippen LogP contribution in [0.3, 0.4) is 0 Å². The largest absolute Gasteiger partial charge is 0.457 e. The minimum Gasteiger partial charge on any atom is -0.457 e. The molecule has 2 atom stereocenters. The third-order valence-electron chi connectivity index (χ3n) is 7.09. The minimum absolute atomic E-state index is 0.0929. The Morgan fingerprint density at radius 2 is 0.974 bits per heavy atom. The zero-order valence-corrected chi connectivity index (χ0v) is 23.7. The summed E-state index contributed by atoms with van der Waals surface area (Å²) in [6, 6.07) is 24.4. The Morgan fingerprint density at radius 1 is 0.615 bits per heavy atom. The van der Waals surface area contributed by atoms with E-state index < -0.39 is 9.84 Å². The molecule has 6 nitrogen and oxygen atoms in total. The van der Waals surface area contributed by atoms with Crippen LogP contribution >= 0.6 is 0 Å². The quantitative estimate of drug-likeness (QED) is 0.195. The Balaban J connectivity index is 1.72. The maximum atomic E-state index is 13.9. The molecule has 4 aromatic rings. The molecular weight excluding hydrogens is 508 g/mol. The van der Waals surface area contributed by atoms with Crippen molar-refractivity contribution in [1.29, 1.82) is 0 Å². The zero-order valence-electron chi connectivity index (χ0n) is 22.8. The van der Waals surface area contributed by atoms with Crippen molar-refractivity contribution in [2.45, 2.75) is 62.2 Å². The van der Waals surface area contributed by atoms with E-state index in [1.54, 1.807) is 84.9 Å². The second kappa shape index (κ2) is 11.8. The summed E-state index contributed by atoms with van der Waals surface area (Å²) in [7, 11) is -3.80. The predicted molar refractivity (Wildman–Crippen MR) is 158 cm³/mol. The third kappa shape index (κ3) is 6.37. The van der Waals surface area contributed by atoms with E-state index in [-0.39, 0.29) is 21.6 Å². The van der Waals surface area contributed by atoms with Gasteiger partial charge in [0.25, 0.3) is 0 Å². The molecule has 0 aliphatic carbocycles.